The molecular weight excluding hydrogens is 312 g/mol. The molecule has 1 aromatic heterocycles. The van der Waals surface area contributed by atoms with Crippen molar-refractivity contribution in [3.63, 3.8) is 0 Å². The van der Waals surface area contributed by atoms with Crippen LogP contribution in [0.25, 0.3) is 0 Å². The van der Waals surface area contributed by atoms with E-state index in [1.54, 1.807) is 6.20 Å². The molecule has 1 aliphatic carbocycles. The molecule has 1 saturated carbocycles. The van der Waals surface area contributed by atoms with Crippen molar-refractivity contribution in [1.29, 1.82) is 0 Å². The Balaban J connectivity index is 1.42. The molecule has 2 N–H and O–H groups in total. The van der Waals surface area contributed by atoms with Gasteiger partial charge in [-0.15, -0.1) is 0 Å². The Bertz CT molecular complexity index is 551. The molecule has 2 fully saturated rings. The van der Waals surface area contributed by atoms with Crippen LogP contribution >= 0.6 is 0 Å². The molecular formula is C20H32N4O. The van der Waals surface area contributed by atoms with Crippen LogP contribution in [0.15, 0.2) is 18.3 Å². The largest absolute Gasteiger partial charge is 0.367 e. The average Bonchev–Trinajstić information content (AvgIpc) is 3.25. The van der Waals surface area contributed by atoms with E-state index in [0.29, 0.717) is 23.4 Å². The number of aromatic nitrogens is 1. The summed E-state index contributed by atoms with van der Waals surface area (Å²) in [5, 5.41) is 6.54. The topological polar surface area (TPSA) is 57.3 Å². The zero-order valence-corrected chi connectivity index (χ0v) is 15.6. The van der Waals surface area contributed by atoms with Gasteiger partial charge in [-0.1, -0.05) is 26.7 Å². The fourth-order valence-corrected chi connectivity index (χ4v) is 3.99. The quantitative estimate of drug-likeness (QED) is 0.798. The zero-order chi connectivity index (χ0) is 17.6. The number of carbonyl (C=O) groups excluding carboxylic acids is 1. The van der Waals surface area contributed by atoms with Crippen molar-refractivity contribution < 1.29 is 4.79 Å². The Morgan fingerprint density at radius 3 is 2.76 bits per heavy atom. The molecule has 0 aromatic carbocycles. The summed E-state index contributed by atoms with van der Waals surface area (Å²) in [4.78, 5) is 19.2. The Labute approximate surface area is 151 Å². The van der Waals surface area contributed by atoms with Crippen molar-refractivity contribution in [2.75, 3.05) is 31.5 Å². The molecule has 0 radical (unpaired) electrons. The number of rotatable bonds is 7. The predicted octanol–water partition coefficient (Wildman–Crippen LogP) is 3.14. The maximum absolute atomic E-state index is 12.3. The number of hydrogen-bond donors (Lipinski definition) is 2. The van der Waals surface area contributed by atoms with Gasteiger partial charge in [0.25, 0.3) is 5.91 Å². The van der Waals surface area contributed by atoms with Crippen molar-refractivity contribution in [2.45, 2.75) is 52.0 Å². The van der Waals surface area contributed by atoms with Gasteiger partial charge in [0.05, 0.1) is 5.56 Å². The molecule has 25 heavy (non-hydrogen) atoms. The lowest BCUT2D eigenvalue weighted by Crippen LogP contribution is -2.32. The van der Waals surface area contributed by atoms with E-state index in [9.17, 15) is 4.79 Å². The first-order chi connectivity index (χ1) is 12.1. The molecule has 1 aromatic rings. The molecule has 0 spiro atoms. The van der Waals surface area contributed by atoms with Crippen LogP contribution in [-0.4, -0.2) is 48.0 Å². The summed E-state index contributed by atoms with van der Waals surface area (Å²) in [5.74, 6) is 2.14. The van der Waals surface area contributed by atoms with Gasteiger partial charge in [0.2, 0.25) is 0 Å². The Morgan fingerprint density at radius 1 is 1.28 bits per heavy atom. The number of nitrogens with zero attached hydrogens (tertiary/aromatic N) is 2. The van der Waals surface area contributed by atoms with Gasteiger partial charge in [0, 0.05) is 31.9 Å². The molecule has 1 unspecified atom stereocenters. The zero-order valence-electron chi connectivity index (χ0n) is 15.6. The van der Waals surface area contributed by atoms with E-state index in [2.05, 4.69) is 34.4 Å². The minimum absolute atomic E-state index is 0.0118. The summed E-state index contributed by atoms with van der Waals surface area (Å²) >= 11 is 0. The third-order valence-electron chi connectivity index (χ3n) is 5.28. The third-order valence-corrected chi connectivity index (χ3v) is 5.28. The molecule has 1 atom stereocenters. The number of nitrogens with one attached hydrogen (secondary N) is 2. The second-order valence-electron chi connectivity index (χ2n) is 8.08. The SMILES string of the molecule is CC(C)CN1CCC(CNC(=O)c2ccc(NC3CCCC3)nc2)C1. The summed E-state index contributed by atoms with van der Waals surface area (Å²) in [6.45, 7) is 8.68. The second kappa shape index (κ2) is 8.65. The van der Waals surface area contributed by atoms with Crippen LogP contribution in [0.4, 0.5) is 5.82 Å². The predicted molar refractivity (Wildman–Crippen MR) is 102 cm³/mol. The highest BCUT2D eigenvalue weighted by Crippen LogP contribution is 2.21. The normalized spacial score (nSPS) is 21.8. The van der Waals surface area contributed by atoms with Crippen molar-refractivity contribution in [3.8, 4) is 0 Å². The average molecular weight is 345 g/mol. The summed E-state index contributed by atoms with van der Waals surface area (Å²) in [6.07, 6.45) is 7.90. The van der Waals surface area contributed by atoms with Gasteiger partial charge in [0.1, 0.15) is 5.82 Å². The van der Waals surface area contributed by atoms with E-state index in [-0.39, 0.29) is 5.91 Å². The van der Waals surface area contributed by atoms with Crippen molar-refractivity contribution >= 4 is 11.7 Å². The van der Waals surface area contributed by atoms with Gasteiger partial charge >= 0.3 is 0 Å². The summed E-state index contributed by atoms with van der Waals surface area (Å²) in [6, 6.07) is 4.34. The number of likely N-dealkylation sites (tertiary alicyclic amines) is 1. The summed E-state index contributed by atoms with van der Waals surface area (Å²) in [7, 11) is 0. The van der Waals surface area contributed by atoms with Gasteiger partial charge in [0.15, 0.2) is 0 Å². The maximum Gasteiger partial charge on any atom is 0.252 e. The molecule has 3 rings (SSSR count). The van der Waals surface area contributed by atoms with E-state index >= 15 is 0 Å². The van der Waals surface area contributed by atoms with Gasteiger partial charge in [-0.05, 0) is 49.8 Å². The third kappa shape index (κ3) is 5.43. The Hall–Kier alpha value is -1.62. The molecule has 5 nitrogen and oxygen atoms in total. The van der Waals surface area contributed by atoms with Crippen LogP contribution < -0.4 is 10.6 Å². The second-order valence-corrected chi connectivity index (χ2v) is 8.08. The summed E-state index contributed by atoms with van der Waals surface area (Å²) in [5.41, 5.74) is 0.647. The van der Waals surface area contributed by atoms with Gasteiger partial charge < -0.3 is 15.5 Å². The highest BCUT2D eigenvalue weighted by Gasteiger charge is 2.23. The van der Waals surface area contributed by atoms with Crippen LogP contribution in [0.1, 0.15) is 56.3 Å². The van der Waals surface area contributed by atoms with Gasteiger partial charge in [-0.2, -0.15) is 0 Å². The number of pyridine rings is 1. The molecule has 5 heteroatoms. The lowest BCUT2D eigenvalue weighted by molar-refractivity contribution is 0.0947. The Morgan fingerprint density at radius 2 is 2.08 bits per heavy atom. The van der Waals surface area contributed by atoms with E-state index in [4.69, 9.17) is 0 Å². The molecule has 1 aliphatic heterocycles. The number of hydrogen-bond acceptors (Lipinski definition) is 4. The number of carbonyl (C=O) groups is 1. The lowest BCUT2D eigenvalue weighted by Gasteiger charge is -2.18. The Kier molecular flexibility index (Phi) is 6.29. The van der Waals surface area contributed by atoms with Gasteiger partial charge in [-0.25, -0.2) is 4.98 Å². The van der Waals surface area contributed by atoms with Crippen LogP contribution in [0.2, 0.25) is 0 Å². The van der Waals surface area contributed by atoms with Crippen molar-refractivity contribution in [1.82, 2.24) is 15.2 Å². The van der Waals surface area contributed by atoms with Crippen LogP contribution in [0.3, 0.4) is 0 Å². The van der Waals surface area contributed by atoms with E-state index in [1.165, 1.54) is 32.1 Å². The fourth-order valence-electron chi connectivity index (χ4n) is 3.99. The molecule has 2 heterocycles. The van der Waals surface area contributed by atoms with Crippen molar-refractivity contribution in [2.24, 2.45) is 11.8 Å². The van der Waals surface area contributed by atoms with Crippen molar-refractivity contribution in [3.05, 3.63) is 23.9 Å². The van der Waals surface area contributed by atoms with Crippen LogP contribution in [0, 0.1) is 11.8 Å². The van der Waals surface area contributed by atoms with E-state index in [0.717, 1.165) is 32.0 Å². The van der Waals surface area contributed by atoms with Gasteiger partial charge in [-0.3, -0.25) is 4.79 Å². The smallest absolute Gasteiger partial charge is 0.252 e. The molecule has 2 aliphatic rings. The first-order valence-electron chi connectivity index (χ1n) is 9.83. The van der Waals surface area contributed by atoms with E-state index < -0.39 is 0 Å². The summed E-state index contributed by atoms with van der Waals surface area (Å²) < 4.78 is 0. The van der Waals surface area contributed by atoms with E-state index in [1.807, 2.05) is 12.1 Å². The monoisotopic (exact) mass is 344 g/mol. The van der Waals surface area contributed by atoms with Crippen LogP contribution in [0.5, 0.6) is 0 Å². The van der Waals surface area contributed by atoms with Crippen LogP contribution in [-0.2, 0) is 0 Å². The first kappa shape index (κ1) is 18.2. The highest BCUT2D eigenvalue weighted by atomic mass is 16.1. The first-order valence-corrected chi connectivity index (χ1v) is 9.83. The highest BCUT2D eigenvalue weighted by molar-refractivity contribution is 5.94. The lowest BCUT2D eigenvalue weighted by atomic mass is 10.1. The molecule has 138 valence electrons. The number of anilines is 1. The fraction of sp³-hybridized carbons (Fsp3) is 0.700. The molecule has 1 amide bonds. The molecule has 0 bridgehead atoms. The maximum atomic E-state index is 12.3. The molecule has 1 saturated heterocycles. The number of amides is 1. The minimum atomic E-state index is -0.0118. The standard InChI is InChI=1S/C20H32N4O/c1-15(2)13-24-10-9-16(14-24)11-22-20(25)17-7-8-19(21-12-17)23-18-5-3-4-6-18/h7-8,12,15-16,18H,3-6,9-11,13-14H2,1-2H3,(H,21,23)(H,22,25). The minimum Gasteiger partial charge on any atom is -0.367 e.